The van der Waals surface area contributed by atoms with E-state index in [4.69, 9.17) is 10.5 Å². The molecule has 32 heavy (non-hydrogen) atoms. The van der Waals surface area contributed by atoms with Crippen LogP contribution in [0.2, 0.25) is 0 Å². The number of aromatic nitrogens is 3. The molecule has 2 unspecified atom stereocenters. The smallest absolute Gasteiger partial charge is 0.391 e. The minimum Gasteiger partial charge on any atom is -0.391 e. The quantitative estimate of drug-likeness (QED) is 0.539. The lowest BCUT2D eigenvalue weighted by atomic mass is 9.89. The second-order valence-corrected chi connectivity index (χ2v) is 8.09. The first-order chi connectivity index (χ1) is 15.3. The van der Waals surface area contributed by atoms with Crippen molar-refractivity contribution in [2.24, 2.45) is 11.7 Å². The minimum absolute atomic E-state index is 0.0425. The summed E-state index contributed by atoms with van der Waals surface area (Å²) in [6.45, 7) is 4.20. The zero-order valence-electron chi connectivity index (χ0n) is 17.8. The highest BCUT2D eigenvalue weighted by atomic mass is 16.6. The zero-order valence-corrected chi connectivity index (χ0v) is 17.8. The van der Waals surface area contributed by atoms with Gasteiger partial charge in [-0.1, -0.05) is 19.1 Å². The van der Waals surface area contributed by atoms with Gasteiger partial charge < -0.3 is 20.7 Å². The number of amides is 3. The van der Waals surface area contributed by atoms with Crippen molar-refractivity contribution in [1.29, 1.82) is 0 Å². The van der Waals surface area contributed by atoms with E-state index in [1.807, 2.05) is 18.2 Å². The summed E-state index contributed by atoms with van der Waals surface area (Å²) < 4.78 is 4.78. The molecule has 1 aromatic carbocycles. The van der Waals surface area contributed by atoms with Crippen LogP contribution in [0.1, 0.15) is 36.9 Å². The van der Waals surface area contributed by atoms with Crippen molar-refractivity contribution >= 4 is 34.5 Å². The Balaban J connectivity index is 1.53. The van der Waals surface area contributed by atoms with Gasteiger partial charge >= 0.3 is 17.9 Å². The highest BCUT2D eigenvalue weighted by Crippen LogP contribution is 2.34. The Kier molecular flexibility index (Phi) is 5.76. The fourth-order valence-corrected chi connectivity index (χ4v) is 4.03. The summed E-state index contributed by atoms with van der Waals surface area (Å²) in [7, 11) is 0. The number of H-pyrrole nitrogens is 1. The number of pyridine rings is 1. The van der Waals surface area contributed by atoms with Gasteiger partial charge in [-0.2, -0.15) is 5.10 Å². The molecule has 0 radical (unpaired) electrons. The highest BCUT2D eigenvalue weighted by molar-refractivity contribution is 6.39. The summed E-state index contributed by atoms with van der Waals surface area (Å²) >= 11 is 0. The van der Waals surface area contributed by atoms with Gasteiger partial charge in [-0.05, 0) is 43.4 Å². The third kappa shape index (κ3) is 4.39. The predicted octanol–water partition coefficient (Wildman–Crippen LogP) is 2.66. The molecular formula is C22H24N6O4. The molecule has 2 atom stereocenters. The molecular weight excluding hydrogens is 412 g/mol. The molecule has 0 spiro atoms. The van der Waals surface area contributed by atoms with Crippen molar-refractivity contribution in [2.75, 3.05) is 11.9 Å². The Morgan fingerprint density at radius 2 is 2.03 bits per heavy atom. The van der Waals surface area contributed by atoms with Crippen LogP contribution >= 0.6 is 0 Å². The molecule has 3 aromatic rings. The molecule has 0 bridgehead atoms. The molecule has 4 N–H and O–H groups in total. The lowest BCUT2D eigenvalue weighted by Gasteiger charge is -2.38. The van der Waals surface area contributed by atoms with Gasteiger partial charge in [0, 0.05) is 17.5 Å². The van der Waals surface area contributed by atoms with Crippen molar-refractivity contribution in [3.8, 4) is 5.88 Å². The lowest BCUT2D eigenvalue weighted by Crippen LogP contribution is -2.46. The molecule has 1 saturated heterocycles. The van der Waals surface area contributed by atoms with Crippen LogP contribution < -0.4 is 15.8 Å². The van der Waals surface area contributed by atoms with Crippen LogP contribution in [-0.4, -0.2) is 44.5 Å². The van der Waals surface area contributed by atoms with Gasteiger partial charge in [-0.25, -0.2) is 9.78 Å². The number of rotatable bonds is 3. The number of nitrogens with one attached hydrogen (secondary N) is 2. The number of benzene rings is 1. The van der Waals surface area contributed by atoms with E-state index in [0.717, 1.165) is 29.3 Å². The van der Waals surface area contributed by atoms with Gasteiger partial charge in [0.25, 0.3) is 0 Å². The van der Waals surface area contributed by atoms with Crippen LogP contribution in [0.4, 0.5) is 10.5 Å². The number of hydrogen-bond acceptors (Lipinski definition) is 6. The van der Waals surface area contributed by atoms with Gasteiger partial charge in [0.15, 0.2) is 0 Å². The number of aryl methyl sites for hydroxylation is 1. The maximum atomic E-state index is 13.1. The number of nitrogens with zero attached hydrogens (tertiary/aromatic N) is 3. The van der Waals surface area contributed by atoms with Gasteiger partial charge in [-0.3, -0.25) is 14.7 Å². The predicted molar refractivity (Wildman–Crippen MR) is 117 cm³/mol. The number of aromatic amines is 1. The zero-order chi connectivity index (χ0) is 22.8. The molecule has 1 aliphatic rings. The molecule has 10 nitrogen and oxygen atoms in total. The van der Waals surface area contributed by atoms with E-state index in [1.54, 1.807) is 24.1 Å². The van der Waals surface area contributed by atoms with E-state index in [2.05, 4.69) is 27.4 Å². The van der Waals surface area contributed by atoms with Crippen molar-refractivity contribution in [3.63, 3.8) is 0 Å². The third-order valence-electron chi connectivity index (χ3n) is 5.61. The van der Waals surface area contributed by atoms with Crippen molar-refractivity contribution in [3.05, 3.63) is 47.8 Å². The average Bonchev–Trinajstić information content (AvgIpc) is 3.22. The largest absolute Gasteiger partial charge is 0.411 e. The first-order valence-electron chi connectivity index (χ1n) is 10.3. The van der Waals surface area contributed by atoms with Crippen molar-refractivity contribution in [2.45, 2.75) is 32.7 Å². The van der Waals surface area contributed by atoms with Gasteiger partial charge in [0.1, 0.15) is 0 Å². The van der Waals surface area contributed by atoms with Crippen LogP contribution in [0.3, 0.4) is 0 Å². The van der Waals surface area contributed by atoms with Crippen LogP contribution in [-0.2, 0) is 9.59 Å². The van der Waals surface area contributed by atoms with E-state index in [1.165, 1.54) is 6.20 Å². The van der Waals surface area contributed by atoms with Crippen LogP contribution in [0, 0.1) is 12.8 Å². The molecule has 2 aromatic heterocycles. The Morgan fingerprint density at radius 1 is 1.22 bits per heavy atom. The first-order valence-corrected chi connectivity index (χ1v) is 10.3. The van der Waals surface area contributed by atoms with Gasteiger partial charge in [0.2, 0.25) is 5.88 Å². The number of fused-ring (bicyclic) bond motifs is 1. The van der Waals surface area contributed by atoms with E-state index < -0.39 is 17.9 Å². The van der Waals surface area contributed by atoms with Crippen LogP contribution in [0.15, 0.2) is 36.7 Å². The highest BCUT2D eigenvalue weighted by Gasteiger charge is 2.34. The summed E-state index contributed by atoms with van der Waals surface area (Å²) in [6.07, 6.45) is 3.79. The summed E-state index contributed by atoms with van der Waals surface area (Å²) in [5.41, 5.74) is 7.66. The monoisotopic (exact) mass is 436 g/mol. The molecule has 0 aliphatic carbocycles. The Labute approximate surface area is 184 Å². The number of primary amides is 1. The number of piperidine rings is 1. The topological polar surface area (TPSA) is 143 Å². The second kappa shape index (κ2) is 8.66. The van der Waals surface area contributed by atoms with Crippen molar-refractivity contribution in [1.82, 2.24) is 20.1 Å². The van der Waals surface area contributed by atoms with Gasteiger partial charge in [-0.15, -0.1) is 0 Å². The number of carbonyl (C=O) groups is 3. The van der Waals surface area contributed by atoms with Crippen molar-refractivity contribution < 1.29 is 19.1 Å². The maximum absolute atomic E-state index is 13.1. The molecule has 10 heteroatoms. The summed E-state index contributed by atoms with van der Waals surface area (Å²) in [5.74, 6) is -1.04. The Hall–Kier alpha value is -3.95. The number of hydrogen-bond donors (Lipinski definition) is 3. The van der Waals surface area contributed by atoms with E-state index in [9.17, 15) is 14.4 Å². The minimum atomic E-state index is -0.980. The average molecular weight is 436 g/mol. The van der Waals surface area contributed by atoms with E-state index in [0.29, 0.717) is 17.8 Å². The standard InChI is InChI=1S/C22H24N6O4/c1-12-3-6-18(14-4-5-15-9-25-27-17(15)8-14)28(11-12)21(30)19(29)26-16-7-13(2)20(24-10-16)32-22(23)31/h4-5,7-10,12,18H,3,6,11H2,1-2H3,(H2,23,31)(H,25,27)(H,26,29). The van der Waals surface area contributed by atoms with E-state index >= 15 is 0 Å². The summed E-state index contributed by atoms with van der Waals surface area (Å²) in [4.78, 5) is 42.4. The number of carbonyl (C=O) groups excluding carboxylic acids is 3. The fourth-order valence-electron chi connectivity index (χ4n) is 4.03. The first kappa shape index (κ1) is 21.3. The maximum Gasteiger partial charge on any atom is 0.411 e. The Bertz CT molecular complexity index is 1190. The lowest BCUT2D eigenvalue weighted by molar-refractivity contribution is -0.146. The van der Waals surface area contributed by atoms with Gasteiger partial charge in [0.05, 0.1) is 29.6 Å². The Morgan fingerprint density at radius 3 is 2.78 bits per heavy atom. The third-order valence-corrected chi connectivity index (χ3v) is 5.61. The molecule has 1 fully saturated rings. The molecule has 1 aliphatic heterocycles. The van der Waals surface area contributed by atoms with Crippen LogP contribution in [0.25, 0.3) is 10.9 Å². The molecule has 0 saturated carbocycles. The molecule has 4 rings (SSSR count). The molecule has 3 amide bonds. The fraction of sp³-hybridized carbons (Fsp3) is 0.318. The summed E-state index contributed by atoms with van der Waals surface area (Å²) in [5, 5.41) is 10.6. The number of nitrogens with two attached hydrogens (primary N) is 1. The normalized spacial score (nSPS) is 18.4. The number of ether oxygens (including phenoxy) is 1. The van der Waals surface area contributed by atoms with E-state index in [-0.39, 0.29) is 17.8 Å². The number of anilines is 1. The second-order valence-electron chi connectivity index (χ2n) is 8.09. The number of likely N-dealkylation sites (tertiary alicyclic amines) is 1. The molecule has 166 valence electrons. The van der Waals surface area contributed by atoms with Crippen LogP contribution in [0.5, 0.6) is 5.88 Å². The molecule has 3 heterocycles. The summed E-state index contributed by atoms with van der Waals surface area (Å²) in [6, 6.07) is 7.26. The SMILES string of the molecule is Cc1cc(NC(=O)C(=O)N2CC(C)CCC2c2ccc3cn[nH]c3c2)cnc1OC(N)=O.